The average molecular weight is 350 g/mol. The third kappa shape index (κ3) is 4.51. The molecule has 0 saturated heterocycles. The molecule has 0 saturated carbocycles. The van der Waals surface area contributed by atoms with E-state index in [2.05, 4.69) is 45.1 Å². The van der Waals surface area contributed by atoms with Crippen LogP contribution in [0.1, 0.15) is 37.6 Å². The van der Waals surface area contributed by atoms with Gasteiger partial charge in [0.1, 0.15) is 5.75 Å². The van der Waals surface area contributed by atoms with Crippen molar-refractivity contribution >= 4 is 15.9 Å². The molecule has 0 fully saturated rings. The van der Waals surface area contributed by atoms with E-state index >= 15 is 0 Å². The summed E-state index contributed by atoms with van der Waals surface area (Å²) < 4.78 is 6.63. The second-order valence-electron chi connectivity index (χ2n) is 4.69. The summed E-state index contributed by atoms with van der Waals surface area (Å²) in [4.78, 5) is 8.77. The topological polar surface area (TPSA) is 47.0 Å². The van der Waals surface area contributed by atoms with Gasteiger partial charge in [0.05, 0.1) is 24.5 Å². The zero-order valence-electron chi connectivity index (χ0n) is 12.3. The smallest absolute Gasteiger partial charge is 0.137 e. The molecule has 0 aromatic carbocycles. The number of hydrogen-bond donors (Lipinski definition) is 1. The second kappa shape index (κ2) is 8.10. The minimum atomic E-state index is 0.0146. The van der Waals surface area contributed by atoms with Crippen LogP contribution >= 0.6 is 15.9 Å². The molecule has 112 valence electrons. The maximum absolute atomic E-state index is 5.66. The molecule has 1 unspecified atom stereocenters. The van der Waals surface area contributed by atoms with Crippen molar-refractivity contribution in [3.63, 3.8) is 0 Å². The van der Waals surface area contributed by atoms with E-state index in [4.69, 9.17) is 4.74 Å². The lowest BCUT2D eigenvalue weighted by molar-refractivity contribution is 0.315. The van der Waals surface area contributed by atoms with E-state index in [0.29, 0.717) is 6.61 Å². The quantitative estimate of drug-likeness (QED) is 0.827. The Bertz CT molecular complexity index is 560. The highest BCUT2D eigenvalue weighted by molar-refractivity contribution is 9.10. The molecule has 0 aliphatic rings. The molecule has 2 aromatic rings. The molecular weight excluding hydrogens is 330 g/mol. The first-order chi connectivity index (χ1) is 10.2. The van der Waals surface area contributed by atoms with E-state index in [1.807, 2.05) is 30.6 Å². The summed E-state index contributed by atoms with van der Waals surface area (Å²) in [5, 5.41) is 3.44. The third-order valence-electron chi connectivity index (χ3n) is 2.99. The molecule has 5 heteroatoms. The van der Waals surface area contributed by atoms with E-state index < -0.39 is 0 Å². The lowest BCUT2D eigenvalue weighted by Gasteiger charge is -2.18. The molecule has 21 heavy (non-hydrogen) atoms. The van der Waals surface area contributed by atoms with E-state index in [9.17, 15) is 0 Å². The number of hydrogen-bond acceptors (Lipinski definition) is 4. The van der Waals surface area contributed by atoms with Gasteiger partial charge in [-0.15, -0.1) is 0 Å². The van der Waals surface area contributed by atoms with Crippen LogP contribution < -0.4 is 10.1 Å². The molecule has 2 rings (SSSR count). The van der Waals surface area contributed by atoms with Crippen LogP contribution in [0.3, 0.4) is 0 Å². The van der Waals surface area contributed by atoms with Gasteiger partial charge < -0.3 is 10.1 Å². The largest absolute Gasteiger partial charge is 0.492 e. The fraction of sp³-hybridized carbons (Fsp3) is 0.375. The zero-order valence-corrected chi connectivity index (χ0v) is 13.9. The molecule has 0 spiro atoms. The van der Waals surface area contributed by atoms with Gasteiger partial charge in [-0.05, 0) is 52.7 Å². The van der Waals surface area contributed by atoms with Crippen molar-refractivity contribution in [2.24, 2.45) is 0 Å². The van der Waals surface area contributed by atoms with Crippen LogP contribution in [-0.4, -0.2) is 23.1 Å². The SMILES string of the molecule is CCCOc1cncc(C(NCC)c2ccc(Br)cn2)c1. The standard InChI is InChI=1S/C16H20BrN3O/c1-3-7-21-14-8-12(9-18-11-14)16(19-4-2)15-6-5-13(17)10-20-15/h5-6,8-11,16,19H,3-4,7H2,1-2H3. The van der Waals surface area contributed by atoms with E-state index in [1.54, 1.807) is 6.20 Å². The number of ether oxygens (including phenoxy) is 1. The van der Waals surface area contributed by atoms with E-state index in [1.165, 1.54) is 0 Å². The minimum absolute atomic E-state index is 0.0146. The molecule has 1 N–H and O–H groups in total. The summed E-state index contributed by atoms with van der Waals surface area (Å²) in [5.41, 5.74) is 2.02. The Kier molecular flexibility index (Phi) is 6.14. The number of rotatable bonds is 7. The Balaban J connectivity index is 2.27. The van der Waals surface area contributed by atoms with Crippen molar-refractivity contribution in [1.29, 1.82) is 0 Å². The van der Waals surface area contributed by atoms with E-state index in [0.717, 1.165) is 34.4 Å². The Labute approximate surface area is 134 Å². The van der Waals surface area contributed by atoms with Gasteiger partial charge in [-0.2, -0.15) is 0 Å². The molecule has 1 atom stereocenters. The summed E-state index contributed by atoms with van der Waals surface area (Å²) in [7, 11) is 0. The van der Waals surface area contributed by atoms with Crippen molar-refractivity contribution in [2.75, 3.05) is 13.2 Å². The number of nitrogens with one attached hydrogen (secondary N) is 1. The number of halogens is 1. The molecule has 0 amide bonds. The fourth-order valence-electron chi connectivity index (χ4n) is 2.05. The van der Waals surface area contributed by atoms with Gasteiger partial charge in [0.25, 0.3) is 0 Å². The van der Waals surface area contributed by atoms with Gasteiger partial charge in [-0.25, -0.2) is 0 Å². The summed E-state index contributed by atoms with van der Waals surface area (Å²) in [6.07, 6.45) is 6.40. The molecule has 2 heterocycles. The van der Waals surface area contributed by atoms with Crippen molar-refractivity contribution < 1.29 is 4.74 Å². The highest BCUT2D eigenvalue weighted by Crippen LogP contribution is 2.24. The van der Waals surface area contributed by atoms with Crippen LogP contribution in [0.5, 0.6) is 5.75 Å². The predicted molar refractivity (Wildman–Crippen MR) is 87.5 cm³/mol. The maximum atomic E-state index is 5.66. The van der Waals surface area contributed by atoms with E-state index in [-0.39, 0.29) is 6.04 Å². The molecule has 0 aliphatic heterocycles. The van der Waals surface area contributed by atoms with Gasteiger partial charge in [-0.3, -0.25) is 9.97 Å². The molecular formula is C16H20BrN3O. The van der Waals surface area contributed by atoms with Crippen molar-refractivity contribution in [1.82, 2.24) is 15.3 Å². The van der Waals surface area contributed by atoms with Crippen LogP contribution in [0, 0.1) is 0 Å². The minimum Gasteiger partial charge on any atom is -0.492 e. The average Bonchev–Trinajstić information content (AvgIpc) is 2.52. The molecule has 4 nitrogen and oxygen atoms in total. The van der Waals surface area contributed by atoms with Gasteiger partial charge in [0, 0.05) is 16.9 Å². The Morgan fingerprint density at radius 3 is 2.76 bits per heavy atom. The van der Waals surface area contributed by atoms with Crippen LogP contribution in [0.15, 0.2) is 41.3 Å². The molecule has 0 bridgehead atoms. The Morgan fingerprint density at radius 2 is 2.10 bits per heavy atom. The number of pyridine rings is 2. The summed E-state index contributed by atoms with van der Waals surface area (Å²) in [5.74, 6) is 0.800. The first-order valence-corrected chi connectivity index (χ1v) is 7.96. The molecule has 0 aliphatic carbocycles. The normalized spacial score (nSPS) is 12.1. The van der Waals surface area contributed by atoms with Crippen LogP contribution in [0.4, 0.5) is 0 Å². The first kappa shape index (κ1) is 15.9. The molecule has 0 radical (unpaired) electrons. The van der Waals surface area contributed by atoms with Crippen molar-refractivity contribution in [2.45, 2.75) is 26.3 Å². The summed E-state index contributed by atoms with van der Waals surface area (Å²) in [6.45, 7) is 5.72. The highest BCUT2D eigenvalue weighted by Gasteiger charge is 2.15. The predicted octanol–water partition coefficient (Wildman–Crippen LogP) is 3.73. The maximum Gasteiger partial charge on any atom is 0.137 e. The third-order valence-corrected chi connectivity index (χ3v) is 3.46. The van der Waals surface area contributed by atoms with Gasteiger partial charge in [-0.1, -0.05) is 13.8 Å². The van der Waals surface area contributed by atoms with Crippen LogP contribution in [-0.2, 0) is 0 Å². The highest BCUT2D eigenvalue weighted by atomic mass is 79.9. The Hall–Kier alpha value is -1.46. The molecule has 2 aromatic heterocycles. The van der Waals surface area contributed by atoms with Gasteiger partial charge in [0.2, 0.25) is 0 Å². The monoisotopic (exact) mass is 349 g/mol. The van der Waals surface area contributed by atoms with Crippen LogP contribution in [0.2, 0.25) is 0 Å². The fourth-order valence-corrected chi connectivity index (χ4v) is 2.28. The lowest BCUT2D eigenvalue weighted by Crippen LogP contribution is -2.23. The zero-order chi connectivity index (χ0) is 15.1. The van der Waals surface area contributed by atoms with Gasteiger partial charge >= 0.3 is 0 Å². The second-order valence-corrected chi connectivity index (χ2v) is 5.61. The summed E-state index contributed by atoms with van der Waals surface area (Å²) in [6, 6.07) is 6.05. The van der Waals surface area contributed by atoms with Crippen molar-refractivity contribution in [3.8, 4) is 5.75 Å². The summed E-state index contributed by atoms with van der Waals surface area (Å²) >= 11 is 3.41. The van der Waals surface area contributed by atoms with Crippen LogP contribution in [0.25, 0.3) is 0 Å². The Morgan fingerprint density at radius 1 is 1.24 bits per heavy atom. The lowest BCUT2D eigenvalue weighted by atomic mass is 10.0. The first-order valence-electron chi connectivity index (χ1n) is 7.17. The number of aromatic nitrogens is 2. The number of nitrogens with zero attached hydrogens (tertiary/aromatic N) is 2. The van der Waals surface area contributed by atoms with Crippen molar-refractivity contribution in [3.05, 3.63) is 52.5 Å². The van der Waals surface area contributed by atoms with Gasteiger partial charge in [0.15, 0.2) is 0 Å².